The van der Waals surface area contributed by atoms with Crippen LogP contribution in [0, 0.1) is 0 Å². The van der Waals surface area contributed by atoms with Gasteiger partial charge in [-0.1, -0.05) is 46.3 Å². The molecule has 1 aliphatic heterocycles. The molecule has 1 aliphatic rings. The van der Waals surface area contributed by atoms with Gasteiger partial charge in [-0.25, -0.2) is 0 Å². The normalized spacial score (nSPS) is 35.3. The molecule has 5 atom stereocenters. The molecule has 3 N–H and O–H groups in total. The van der Waals surface area contributed by atoms with Gasteiger partial charge in [0.05, 0.1) is 18.0 Å². The van der Waals surface area contributed by atoms with Crippen molar-refractivity contribution < 1.29 is 24.8 Å². The molecule has 19 heavy (non-hydrogen) atoms. The summed E-state index contributed by atoms with van der Waals surface area (Å²) in [6.45, 7) is -0.0569. The van der Waals surface area contributed by atoms with Crippen LogP contribution < -0.4 is 0 Å². The molecule has 1 fully saturated rings. The van der Waals surface area contributed by atoms with Gasteiger partial charge in [-0.05, 0) is 5.56 Å². The minimum atomic E-state index is -1.12. The number of alkyl halides is 1. The molecule has 5 nitrogen and oxygen atoms in total. The second kappa shape index (κ2) is 6.78. The predicted molar refractivity (Wildman–Crippen MR) is 71.7 cm³/mol. The SMILES string of the molecule is OC[C@H]1O[C@H](O)[C@@H](Br)[C@@H](OCc2ccccc2)[C@@H]1O. The molecule has 0 saturated carbocycles. The quantitative estimate of drug-likeness (QED) is 0.696. The predicted octanol–water partition coefficient (Wildman–Crippen LogP) is 0.406. The summed E-state index contributed by atoms with van der Waals surface area (Å²) in [6.07, 6.45) is -3.62. The minimum Gasteiger partial charge on any atom is -0.394 e. The highest BCUT2D eigenvalue weighted by Crippen LogP contribution is 2.28. The third kappa shape index (κ3) is 3.53. The van der Waals surface area contributed by atoms with Crippen molar-refractivity contribution in [3.8, 4) is 0 Å². The van der Waals surface area contributed by atoms with Crippen molar-refractivity contribution in [2.24, 2.45) is 0 Å². The van der Waals surface area contributed by atoms with Crippen molar-refractivity contribution in [1.29, 1.82) is 0 Å². The highest BCUT2D eigenvalue weighted by Gasteiger charge is 2.43. The van der Waals surface area contributed by atoms with Gasteiger partial charge in [-0.3, -0.25) is 0 Å². The minimum absolute atomic E-state index is 0.315. The van der Waals surface area contributed by atoms with Gasteiger partial charge in [0.15, 0.2) is 6.29 Å². The Balaban J connectivity index is 2.00. The van der Waals surface area contributed by atoms with Crippen molar-refractivity contribution in [3.63, 3.8) is 0 Å². The average Bonchev–Trinajstić information content (AvgIpc) is 2.44. The van der Waals surface area contributed by atoms with Gasteiger partial charge in [0.25, 0.3) is 0 Å². The van der Waals surface area contributed by atoms with E-state index in [-0.39, 0.29) is 6.61 Å². The molecule has 2 rings (SSSR count). The van der Waals surface area contributed by atoms with Crippen LogP contribution >= 0.6 is 15.9 Å². The molecule has 1 heterocycles. The monoisotopic (exact) mass is 332 g/mol. The lowest BCUT2D eigenvalue weighted by Crippen LogP contribution is -2.57. The van der Waals surface area contributed by atoms with Crippen molar-refractivity contribution >= 4 is 15.9 Å². The van der Waals surface area contributed by atoms with E-state index < -0.39 is 29.4 Å². The molecule has 0 spiro atoms. The zero-order valence-electron chi connectivity index (χ0n) is 10.2. The van der Waals surface area contributed by atoms with Crippen LogP contribution in [-0.2, 0) is 16.1 Å². The van der Waals surface area contributed by atoms with Crippen LogP contribution in [0.4, 0.5) is 0 Å². The second-order valence-corrected chi connectivity index (χ2v) is 5.50. The summed E-state index contributed by atoms with van der Waals surface area (Å²) >= 11 is 3.25. The fourth-order valence-electron chi connectivity index (χ4n) is 2.01. The molecule has 0 bridgehead atoms. The molecule has 0 aliphatic carbocycles. The Kier molecular flexibility index (Phi) is 5.32. The molecule has 0 unspecified atom stereocenters. The van der Waals surface area contributed by atoms with E-state index in [1.54, 1.807) is 0 Å². The lowest BCUT2D eigenvalue weighted by atomic mass is 10.0. The van der Waals surface area contributed by atoms with Gasteiger partial charge < -0.3 is 24.8 Å². The van der Waals surface area contributed by atoms with Crippen LogP contribution in [0.5, 0.6) is 0 Å². The summed E-state index contributed by atoms with van der Waals surface area (Å²) in [4.78, 5) is -0.547. The Morgan fingerprint density at radius 3 is 2.53 bits per heavy atom. The number of ether oxygens (including phenoxy) is 2. The van der Waals surface area contributed by atoms with Crippen molar-refractivity contribution in [2.45, 2.75) is 36.0 Å². The van der Waals surface area contributed by atoms with Gasteiger partial charge in [-0.15, -0.1) is 0 Å². The van der Waals surface area contributed by atoms with Crippen LogP contribution in [0.1, 0.15) is 5.56 Å². The summed E-state index contributed by atoms with van der Waals surface area (Å²) in [5.74, 6) is 0. The Labute approximate surface area is 119 Å². The first-order valence-corrected chi connectivity index (χ1v) is 6.97. The lowest BCUT2D eigenvalue weighted by Gasteiger charge is -2.40. The van der Waals surface area contributed by atoms with E-state index in [2.05, 4.69) is 15.9 Å². The summed E-state index contributed by atoms with van der Waals surface area (Å²) in [5, 5.41) is 28.8. The lowest BCUT2D eigenvalue weighted by molar-refractivity contribution is -0.243. The van der Waals surface area contributed by atoms with Gasteiger partial charge in [0, 0.05) is 0 Å². The maximum Gasteiger partial charge on any atom is 0.170 e. The summed E-state index contributed by atoms with van der Waals surface area (Å²) in [7, 11) is 0. The topological polar surface area (TPSA) is 79.2 Å². The molecular weight excluding hydrogens is 316 g/mol. The first-order chi connectivity index (χ1) is 9.13. The molecule has 106 valence electrons. The fourth-order valence-corrected chi connectivity index (χ4v) is 2.60. The average molecular weight is 333 g/mol. The summed E-state index contributed by atoms with van der Waals surface area (Å²) in [6, 6.07) is 9.53. The Morgan fingerprint density at radius 1 is 1.21 bits per heavy atom. The maximum absolute atomic E-state index is 10.0. The first-order valence-electron chi connectivity index (χ1n) is 6.05. The number of rotatable bonds is 4. The Morgan fingerprint density at radius 2 is 1.89 bits per heavy atom. The van der Waals surface area contributed by atoms with Crippen molar-refractivity contribution in [2.75, 3.05) is 6.61 Å². The van der Waals surface area contributed by atoms with Gasteiger partial charge in [0.1, 0.15) is 18.3 Å². The molecule has 0 amide bonds. The number of halogens is 1. The molecule has 1 aromatic carbocycles. The molecular formula is C13H17BrO5. The van der Waals surface area contributed by atoms with Crippen LogP contribution in [0.25, 0.3) is 0 Å². The second-order valence-electron chi connectivity index (χ2n) is 4.44. The highest BCUT2D eigenvalue weighted by molar-refractivity contribution is 9.09. The highest BCUT2D eigenvalue weighted by atomic mass is 79.9. The Hall–Kier alpha value is -0.500. The third-order valence-corrected chi connectivity index (χ3v) is 4.06. The number of aliphatic hydroxyl groups excluding tert-OH is 3. The molecule has 1 aromatic rings. The summed E-state index contributed by atoms with van der Waals surface area (Å²) < 4.78 is 10.7. The van der Waals surface area contributed by atoms with E-state index in [9.17, 15) is 10.2 Å². The van der Waals surface area contributed by atoms with Gasteiger partial charge in [0.2, 0.25) is 0 Å². The zero-order chi connectivity index (χ0) is 13.8. The van der Waals surface area contributed by atoms with E-state index >= 15 is 0 Å². The van der Waals surface area contributed by atoms with Gasteiger partial charge >= 0.3 is 0 Å². The maximum atomic E-state index is 10.0. The molecule has 0 aromatic heterocycles. The van der Waals surface area contributed by atoms with Crippen LogP contribution in [0.15, 0.2) is 30.3 Å². The molecule has 1 saturated heterocycles. The van der Waals surface area contributed by atoms with Crippen molar-refractivity contribution in [3.05, 3.63) is 35.9 Å². The molecule has 0 radical (unpaired) electrons. The van der Waals surface area contributed by atoms with E-state index in [0.717, 1.165) is 5.56 Å². The standard InChI is InChI=1S/C13H17BrO5/c14-10-12(11(16)9(6-15)19-13(10)17)18-7-8-4-2-1-3-5-8/h1-5,9-13,15-17H,6-7H2/t9-,10+,11-,12-,13+/m1/s1. The van der Waals surface area contributed by atoms with Crippen LogP contribution in [0.2, 0.25) is 0 Å². The van der Waals surface area contributed by atoms with Crippen molar-refractivity contribution in [1.82, 2.24) is 0 Å². The third-order valence-electron chi connectivity index (χ3n) is 3.08. The number of hydrogen-bond donors (Lipinski definition) is 3. The van der Waals surface area contributed by atoms with Crippen LogP contribution in [0.3, 0.4) is 0 Å². The van der Waals surface area contributed by atoms with E-state index in [0.29, 0.717) is 6.61 Å². The smallest absolute Gasteiger partial charge is 0.170 e. The van der Waals surface area contributed by atoms with Gasteiger partial charge in [-0.2, -0.15) is 0 Å². The first kappa shape index (κ1) is 14.9. The largest absolute Gasteiger partial charge is 0.394 e. The van der Waals surface area contributed by atoms with E-state index in [1.807, 2.05) is 30.3 Å². The van der Waals surface area contributed by atoms with E-state index in [1.165, 1.54) is 0 Å². The zero-order valence-corrected chi connectivity index (χ0v) is 11.8. The summed E-state index contributed by atoms with van der Waals surface area (Å²) in [5.41, 5.74) is 0.968. The number of hydrogen-bond acceptors (Lipinski definition) is 5. The Bertz CT molecular complexity index is 388. The fraction of sp³-hybridized carbons (Fsp3) is 0.538. The van der Waals surface area contributed by atoms with Crippen LogP contribution in [-0.4, -0.2) is 51.4 Å². The molecule has 6 heteroatoms. The van der Waals surface area contributed by atoms with E-state index in [4.69, 9.17) is 14.6 Å². The number of benzene rings is 1. The number of aliphatic hydroxyl groups is 3.